The predicted octanol–water partition coefficient (Wildman–Crippen LogP) is 4.40. The van der Waals surface area contributed by atoms with E-state index in [2.05, 4.69) is 15.9 Å². The third-order valence-electron chi connectivity index (χ3n) is 2.39. The third kappa shape index (κ3) is 3.15. The van der Waals surface area contributed by atoms with E-state index in [0.29, 0.717) is 11.4 Å². The van der Waals surface area contributed by atoms with Crippen LogP contribution in [-0.4, -0.2) is 0 Å². The first-order valence-electron chi connectivity index (χ1n) is 5.18. The zero-order chi connectivity index (χ0) is 13.1. The van der Waals surface area contributed by atoms with Gasteiger partial charge in [-0.3, -0.25) is 0 Å². The molecule has 0 atom stereocenters. The van der Waals surface area contributed by atoms with Crippen LogP contribution in [0.5, 0.6) is 5.75 Å². The van der Waals surface area contributed by atoms with Crippen molar-refractivity contribution in [1.82, 2.24) is 0 Å². The van der Waals surface area contributed by atoms with E-state index < -0.39 is 5.82 Å². The van der Waals surface area contributed by atoms with Gasteiger partial charge in [0.2, 0.25) is 0 Å². The van der Waals surface area contributed by atoms with E-state index in [9.17, 15) is 4.39 Å². The number of rotatable bonds is 3. The number of hydrogen-bond donors (Lipinski definition) is 1. The zero-order valence-electron chi connectivity index (χ0n) is 9.29. The maximum atomic E-state index is 12.9. The van der Waals surface area contributed by atoms with E-state index in [0.717, 1.165) is 10.0 Å². The normalized spacial score (nSPS) is 10.4. The number of anilines is 1. The minimum Gasteiger partial charge on any atom is -0.487 e. The molecule has 0 fully saturated rings. The highest BCUT2D eigenvalue weighted by molar-refractivity contribution is 9.10. The Labute approximate surface area is 118 Å². The third-order valence-corrected chi connectivity index (χ3v) is 3.17. The molecule has 0 heterocycles. The Morgan fingerprint density at radius 3 is 2.67 bits per heavy atom. The average molecular weight is 331 g/mol. The number of hydrogen-bond acceptors (Lipinski definition) is 2. The summed E-state index contributed by atoms with van der Waals surface area (Å²) >= 11 is 9.19. The van der Waals surface area contributed by atoms with Gasteiger partial charge in [-0.25, -0.2) is 4.39 Å². The van der Waals surface area contributed by atoms with Crippen LogP contribution in [-0.2, 0) is 6.61 Å². The summed E-state index contributed by atoms with van der Waals surface area (Å²) in [5.41, 5.74) is 7.32. The quantitative estimate of drug-likeness (QED) is 0.846. The molecule has 2 aromatic rings. The molecule has 0 unspecified atom stereocenters. The van der Waals surface area contributed by atoms with Crippen molar-refractivity contribution in [3.63, 3.8) is 0 Å². The topological polar surface area (TPSA) is 35.2 Å². The molecule has 0 spiro atoms. The Hall–Kier alpha value is -1.26. The lowest BCUT2D eigenvalue weighted by Gasteiger charge is -2.10. The maximum absolute atomic E-state index is 12.9. The summed E-state index contributed by atoms with van der Waals surface area (Å²) in [4.78, 5) is 0. The highest BCUT2D eigenvalue weighted by Crippen LogP contribution is 2.27. The van der Waals surface area contributed by atoms with Gasteiger partial charge in [0, 0.05) is 15.7 Å². The summed E-state index contributed by atoms with van der Waals surface area (Å²) in [6.45, 7) is 0.282. The number of nitrogens with two attached hydrogens (primary N) is 1. The second-order valence-electron chi connectivity index (χ2n) is 3.71. The van der Waals surface area contributed by atoms with E-state index in [-0.39, 0.29) is 11.6 Å². The van der Waals surface area contributed by atoms with Crippen LogP contribution in [0.1, 0.15) is 5.56 Å². The summed E-state index contributed by atoms with van der Waals surface area (Å²) in [5.74, 6) is 0.0379. The molecule has 2 nitrogen and oxygen atoms in total. The van der Waals surface area contributed by atoms with Crippen LogP contribution >= 0.6 is 27.5 Å². The number of halogens is 3. The largest absolute Gasteiger partial charge is 0.487 e. The summed E-state index contributed by atoms with van der Waals surface area (Å²) in [6.07, 6.45) is 0. The highest BCUT2D eigenvalue weighted by Gasteiger charge is 2.05. The van der Waals surface area contributed by atoms with Gasteiger partial charge in [-0.2, -0.15) is 0 Å². The van der Waals surface area contributed by atoms with Crippen molar-refractivity contribution in [2.45, 2.75) is 6.61 Å². The minimum atomic E-state index is -0.393. The molecule has 0 amide bonds. The van der Waals surface area contributed by atoms with Crippen LogP contribution in [0, 0.1) is 5.82 Å². The second kappa shape index (κ2) is 5.59. The Kier molecular flexibility index (Phi) is 4.09. The highest BCUT2D eigenvalue weighted by atomic mass is 79.9. The first-order chi connectivity index (χ1) is 8.56. The molecule has 0 bridgehead atoms. The smallest absolute Gasteiger partial charge is 0.138 e. The first-order valence-corrected chi connectivity index (χ1v) is 6.35. The molecule has 5 heteroatoms. The number of benzene rings is 2. The molecule has 0 saturated carbocycles. The lowest BCUT2D eigenvalue weighted by atomic mass is 10.2. The summed E-state index contributed by atoms with van der Waals surface area (Å²) in [6, 6.07) is 9.53. The fourth-order valence-corrected chi connectivity index (χ4v) is 2.05. The van der Waals surface area contributed by atoms with E-state index in [4.69, 9.17) is 22.1 Å². The molecular formula is C13H10BrClFNO. The van der Waals surface area contributed by atoms with Gasteiger partial charge in [-0.15, -0.1) is 0 Å². The summed E-state index contributed by atoms with van der Waals surface area (Å²) in [5, 5.41) is 0.241. The van der Waals surface area contributed by atoms with Gasteiger partial charge >= 0.3 is 0 Å². The van der Waals surface area contributed by atoms with Gasteiger partial charge in [-0.05, 0) is 30.3 Å². The molecule has 0 aromatic heterocycles. The zero-order valence-corrected chi connectivity index (χ0v) is 11.6. The molecule has 2 aromatic carbocycles. The van der Waals surface area contributed by atoms with Gasteiger partial charge in [0.25, 0.3) is 0 Å². The second-order valence-corrected chi connectivity index (χ2v) is 5.03. The first kappa shape index (κ1) is 13.2. The molecule has 94 valence electrons. The Bertz CT molecular complexity index is 525. The van der Waals surface area contributed by atoms with E-state index in [1.807, 2.05) is 12.1 Å². The molecule has 0 aliphatic rings. The van der Waals surface area contributed by atoms with Gasteiger partial charge in [0.15, 0.2) is 0 Å². The lowest BCUT2D eigenvalue weighted by Crippen LogP contribution is -2.00. The fraction of sp³-hybridized carbons (Fsp3) is 0.0769. The summed E-state index contributed by atoms with van der Waals surface area (Å²) in [7, 11) is 0. The van der Waals surface area contributed by atoms with Gasteiger partial charge in [-0.1, -0.05) is 33.6 Å². The van der Waals surface area contributed by atoms with Crippen molar-refractivity contribution in [1.29, 1.82) is 0 Å². The predicted molar refractivity (Wildman–Crippen MR) is 74.3 cm³/mol. The van der Waals surface area contributed by atoms with Crippen molar-refractivity contribution in [2.24, 2.45) is 0 Å². The van der Waals surface area contributed by atoms with Crippen LogP contribution in [0.3, 0.4) is 0 Å². The molecule has 2 rings (SSSR count). The standard InChI is InChI=1S/C13H10BrClFNO/c14-9-2-1-8(12(17)5-9)7-18-13-4-3-10(16)6-11(13)15/h1-6H,7,17H2. The molecule has 0 radical (unpaired) electrons. The minimum absolute atomic E-state index is 0.241. The van der Waals surface area contributed by atoms with Crippen molar-refractivity contribution < 1.29 is 9.13 Å². The maximum Gasteiger partial charge on any atom is 0.138 e. The molecule has 0 aliphatic heterocycles. The Balaban J connectivity index is 2.11. The SMILES string of the molecule is Nc1cc(Br)ccc1COc1ccc(F)cc1Cl. The molecule has 18 heavy (non-hydrogen) atoms. The van der Waals surface area contributed by atoms with Crippen LogP contribution in [0.15, 0.2) is 40.9 Å². The van der Waals surface area contributed by atoms with Crippen molar-refractivity contribution in [2.75, 3.05) is 5.73 Å². The molecule has 2 N–H and O–H groups in total. The van der Waals surface area contributed by atoms with Crippen LogP contribution in [0.4, 0.5) is 10.1 Å². The average Bonchev–Trinajstić information content (AvgIpc) is 2.30. The number of nitrogen functional groups attached to an aromatic ring is 1. The molecular weight excluding hydrogens is 321 g/mol. The van der Waals surface area contributed by atoms with Gasteiger partial charge < -0.3 is 10.5 Å². The van der Waals surface area contributed by atoms with Crippen LogP contribution in [0.2, 0.25) is 5.02 Å². The van der Waals surface area contributed by atoms with Crippen molar-refractivity contribution in [3.05, 3.63) is 57.3 Å². The van der Waals surface area contributed by atoms with E-state index in [1.54, 1.807) is 6.07 Å². The molecule has 0 saturated heterocycles. The van der Waals surface area contributed by atoms with Crippen LogP contribution in [0.25, 0.3) is 0 Å². The van der Waals surface area contributed by atoms with E-state index in [1.165, 1.54) is 18.2 Å². The van der Waals surface area contributed by atoms with Crippen molar-refractivity contribution >= 4 is 33.2 Å². The van der Waals surface area contributed by atoms with Crippen molar-refractivity contribution in [3.8, 4) is 5.75 Å². The fourth-order valence-electron chi connectivity index (χ4n) is 1.45. The van der Waals surface area contributed by atoms with E-state index >= 15 is 0 Å². The van der Waals surface area contributed by atoms with Crippen LogP contribution < -0.4 is 10.5 Å². The lowest BCUT2D eigenvalue weighted by molar-refractivity contribution is 0.306. The Morgan fingerprint density at radius 1 is 1.22 bits per heavy atom. The van der Waals surface area contributed by atoms with Gasteiger partial charge in [0.1, 0.15) is 18.2 Å². The van der Waals surface area contributed by atoms with Gasteiger partial charge in [0.05, 0.1) is 5.02 Å². The Morgan fingerprint density at radius 2 is 2.00 bits per heavy atom. The summed E-state index contributed by atoms with van der Waals surface area (Å²) < 4.78 is 19.3. The number of ether oxygens (including phenoxy) is 1. The monoisotopic (exact) mass is 329 g/mol. The molecule has 0 aliphatic carbocycles.